The number of hydrogen-bond donors (Lipinski definition) is 2. The summed E-state index contributed by atoms with van der Waals surface area (Å²) in [6.45, 7) is 1.46. The van der Waals surface area contributed by atoms with Gasteiger partial charge >= 0.3 is 0 Å². The molecule has 3 rings (SSSR count). The number of ether oxygens (including phenoxy) is 3. The van der Waals surface area contributed by atoms with E-state index in [1.165, 1.54) is 0 Å². The van der Waals surface area contributed by atoms with E-state index in [1.807, 2.05) is 18.2 Å². The van der Waals surface area contributed by atoms with Crippen LogP contribution in [0, 0.1) is 0 Å². The lowest BCUT2D eigenvalue weighted by Crippen LogP contribution is -2.60. The molecule has 2 aliphatic rings. The largest absolute Gasteiger partial charge is 0.454 e. The number of hydrazine groups is 1. The van der Waals surface area contributed by atoms with Crippen molar-refractivity contribution in [3.8, 4) is 11.5 Å². The number of benzene rings is 1. The van der Waals surface area contributed by atoms with Gasteiger partial charge in [0.15, 0.2) is 11.5 Å². The molecule has 2 heterocycles. The van der Waals surface area contributed by atoms with Gasteiger partial charge in [0, 0.05) is 0 Å². The standard InChI is InChI=1S/C10H12N2O3/c11-12-10(4-13-5-10)7-1-2-8-9(3-7)15-6-14-8/h1-3,12H,4-6,11H2. The van der Waals surface area contributed by atoms with Crippen molar-refractivity contribution in [2.24, 2.45) is 5.84 Å². The fraction of sp³-hybridized carbons (Fsp3) is 0.400. The minimum absolute atomic E-state index is 0.263. The Morgan fingerprint density at radius 3 is 2.67 bits per heavy atom. The van der Waals surface area contributed by atoms with Gasteiger partial charge in [-0.2, -0.15) is 0 Å². The van der Waals surface area contributed by atoms with Crippen LogP contribution in [0.15, 0.2) is 18.2 Å². The van der Waals surface area contributed by atoms with Crippen LogP contribution in [0.3, 0.4) is 0 Å². The van der Waals surface area contributed by atoms with E-state index in [9.17, 15) is 0 Å². The molecule has 0 atom stereocenters. The second kappa shape index (κ2) is 3.10. The van der Waals surface area contributed by atoms with Crippen molar-refractivity contribution in [1.29, 1.82) is 0 Å². The van der Waals surface area contributed by atoms with Crippen molar-refractivity contribution in [1.82, 2.24) is 5.43 Å². The quantitative estimate of drug-likeness (QED) is 0.533. The van der Waals surface area contributed by atoms with Gasteiger partial charge in [-0.3, -0.25) is 5.84 Å². The first-order valence-electron chi connectivity index (χ1n) is 4.80. The Hall–Kier alpha value is -1.30. The predicted molar refractivity (Wildman–Crippen MR) is 52.4 cm³/mol. The van der Waals surface area contributed by atoms with Crippen LogP contribution < -0.4 is 20.7 Å². The number of nitrogens with two attached hydrogens (primary N) is 1. The summed E-state index contributed by atoms with van der Waals surface area (Å²) in [5.41, 5.74) is 3.61. The average Bonchev–Trinajstić information content (AvgIpc) is 2.64. The Balaban J connectivity index is 1.98. The second-order valence-corrected chi connectivity index (χ2v) is 3.79. The Labute approximate surface area is 87.1 Å². The molecule has 80 valence electrons. The summed E-state index contributed by atoms with van der Waals surface area (Å²) in [6, 6.07) is 5.83. The molecule has 1 aromatic rings. The van der Waals surface area contributed by atoms with Gasteiger partial charge in [0.05, 0.1) is 13.2 Å². The zero-order valence-electron chi connectivity index (χ0n) is 8.16. The minimum atomic E-state index is -0.263. The normalized spacial score (nSPS) is 21.1. The maximum atomic E-state index is 5.54. The van der Waals surface area contributed by atoms with Gasteiger partial charge in [-0.05, 0) is 17.7 Å². The number of nitrogens with one attached hydrogen (secondary N) is 1. The lowest BCUT2D eigenvalue weighted by molar-refractivity contribution is -0.0787. The maximum absolute atomic E-state index is 5.54. The first-order chi connectivity index (χ1) is 7.34. The lowest BCUT2D eigenvalue weighted by atomic mass is 9.88. The molecule has 15 heavy (non-hydrogen) atoms. The predicted octanol–water partition coefficient (Wildman–Crippen LogP) is 0.104. The van der Waals surface area contributed by atoms with Crippen molar-refractivity contribution < 1.29 is 14.2 Å². The molecular formula is C10H12N2O3. The summed E-state index contributed by atoms with van der Waals surface area (Å²) in [6.07, 6.45) is 0. The number of hydrogen-bond acceptors (Lipinski definition) is 5. The molecule has 0 amide bonds. The fourth-order valence-corrected chi connectivity index (χ4v) is 1.83. The number of rotatable bonds is 2. The summed E-state index contributed by atoms with van der Waals surface area (Å²) in [4.78, 5) is 0. The van der Waals surface area contributed by atoms with Crippen LogP contribution in [0.4, 0.5) is 0 Å². The van der Waals surface area contributed by atoms with Crippen LogP contribution in [-0.4, -0.2) is 20.0 Å². The first kappa shape index (κ1) is 8.96. The van der Waals surface area contributed by atoms with Gasteiger partial charge in [0.25, 0.3) is 0 Å². The van der Waals surface area contributed by atoms with Gasteiger partial charge in [-0.15, -0.1) is 0 Å². The Bertz CT molecular complexity index is 385. The highest BCUT2D eigenvalue weighted by Gasteiger charge is 2.40. The van der Waals surface area contributed by atoms with Crippen LogP contribution in [0.2, 0.25) is 0 Å². The van der Waals surface area contributed by atoms with E-state index >= 15 is 0 Å². The van der Waals surface area contributed by atoms with E-state index in [2.05, 4.69) is 5.43 Å². The van der Waals surface area contributed by atoms with Crippen LogP contribution in [0.25, 0.3) is 0 Å². The Morgan fingerprint density at radius 1 is 1.20 bits per heavy atom. The van der Waals surface area contributed by atoms with Crippen LogP contribution in [0.5, 0.6) is 11.5 Å². The van der Waals surface area contributed by atoms with E-state index in [1.54, 1.807) is 0 Å². The smallest absolute Gasteiger partial charge is 0.231 e. The highest BCUT2D eigenvalue weighted by Crippen LogP contribution is 2.37. The molecule has 0 saturated carbocycles. The minimum Gasteiger partial charge on any atom is -0.454 e. The van der Waals surface area contributed by atoms with Crippen LogP contribution >= 0.6 is 0 Å². The van der Waals surface area contributed by atoms with Crippen molar-refractivity contribution in [3.05, 3.63) is 23.8 Å². The zero-order chi connectivity index (χ0) is 10.3. The van der Waals surface area contributed by atoms with Crippen molar-refractivity contribution in [3.63, 3.8) is 0 Å². The topological polar surface area (TPSA) is 65.7 Å². The van der Waals surface area contributed by atoms with E-state index < -0.39 is 0 Å². The van der Waals surface area contributed by atoms with Gasteiger partial charge < -0.3 is 14.2 Å². The monoisotopic (exact) mass is 208 g/mol. The molecule has 1 fully saturated rings. The molecule has 5 heteroatoms. The van der Waals surface area contributed by atoms with E-state index in [-0.39, 0.29) is 5.54 Å². The van der Waals surface area contributed by atoms with Crippen molar-refractivity contribution >= 4 is 0 Å². The molecule has 1 aromatic carbocycles. The molecule has 0 bridgehead atoms. The van der Waals surface area contributed by atoms with Gasteiger partial charge in [-0.1, -0.05) is 6.07 Å². The third kappa shape index (κ3) is 1.21. The summed E-state index contributed by atoms with van der Waals surface area (Å²) >= 11 is 0. The summed E-state index contributed by atoms with van der Waals surface area (Å²) in [5, 5.41) is 0. The molecule has 3 N–H and O–H groups in total. The Kier molecular flexibility index (Phi) is 1.85. The fourth-order valence-electron chi connectivity index (χ4n) is 1.83. The first-order valence-corrected chi connectivity index (χ1v) is 4.80. The molecule has 0 radical (unpaired) electrons. The van der Waals surface area contributed by atoms with Crippen molar-refractivity contribution in [2.45, 2.75) is 5.54 Å². The van der Waals surface area contributed by atoms with Crippen LogP contribution in [0.1, 0.15) is 5.56 Å². The highest BCUT2D eigenvalue weighted by atomic mass is 16.7. The second-order valence-electron chi connectivity index (χ2n) is 3.79. The van der Waals surface area contributed by atoms with E-state index in [0.717, 1.165) is 17.1 Å². The summed E-state index contributed by atoms with van der Waals surface area (Å²) in [5.74, 6) is 7.10. The zero-order valence-corrected chi connectivity index (χ0v) is 8.16. The molecule has 0 spiro atoms. The number of fused-ring (bicyclic) bond motifs is 1. The Morgan fingerprint density at radius 2 is 2.00 bits per heavy atom. The van der Waals surface area contributed by atoms with Crippen molar-refractivity contribution in [2.75, 3.05) is 20.0 Å². The maximum Gasteiger partial charge on any atom is 0.231 e. The van der Waals surface area contributed by atoms with E-state index in [4.69, 9.17) is 20.1 Å². The molecular weight excluding hydrogens is 196 g/mol. The highest BCUT2D eigenvalue weighted by molar-refractivity contribution is 5.46. The third-order valence-electron chi connectivity index (χ3n) is 2.90. The molecule has 0 aliphatic carbocycles. The third-order valence-corrected chi connectivity index (χ3v) is 2.90. The van der Waals surface area contributed by atoms with E-state index in [0.29, 0.717) is 20.0 Å². The lowest BCUT2D eigenvalue weighted by Gasteiger charge is -2.41. The van der Waals surface area contributed by atoms with Gasteiger partial charge in [-0.25, -0.2) is 5.43 Å². The SMILES string of the molecule is NNC1(c2ccc3c(c2)OCO3)COC1. The summed E-state index contributed by atoms with van der Waals surface area (Å²) in [7, 11) is 0. The van der Waals surface area contributed by atoms with Gasteiger partial charge in [0.1, 0.15) is 5.54 Å². The molecule has 5 nitrogen and oxygen atoms in total. The average molecular weight is 208 g/mol. The molecule has 0 aromatic heterocycles. The molecule has 0 unspecified atom stereocenters. The van der Waals surface area contributed by atoms with Gasteiger partial charge in [0.2, 0.25) is 6.79 Å². The van der Waals surface area contributed by atoms with Crippen LogP contribution in [-0.2, 0) is 10.3 Å². The summed E-state index contributed by atoms with van der Waals surface area (Å²) < 4.78 is 15.8. The molecule has 2 aliphatic heterocycles. The molecule has 1 saturated heterocycles.